The second-order valence-electron chi connectivity index (χ2n) is 6.91. The zero-order chi connectivity index (χ0) is 20.1. The Morgan fingerprint density at radius 3 is 2.36 bits per heavy atom. The number of hydrogen-bond acceptors (Lipinski definition) is 4. The van der Waals surface area contributed by atoms with E-state index in [1.165, 1.54) is 13.2 Å². The lowest BCUT2D eigenvalue weighted by atomic mass is 10.2. The predicted molar refractivity (Wildman–Crippen MR) is 105 cm³/mol. The van der Waals surface area contributed by atoms with E-state index in [0.717, 1.165) is 11.3 Å². The number of aryl methyl sites for hydroxylation is 1. The van der Waals surface area contributed by atoms with Crippen LogP contribution < -0.4 is 4.90 Å². The Kier molecular flexibility index (Phi) is 6.13. The molecule has 7 nitrogen and oxygen atoms in total. The van der Waals surface area contributed by atoms with E-state index in [1.54, 1.807) is 26.8 Å². The normalized spacial score (nSPS) is 14.1. The average molecular weight is 383 g/mol. The van der Waals surface area contributed by atoms with Crippen LogP contribution in [0.25, 0.3) is 0 Å². The third-order valence-electron chi connectivity index (χ3n) is 4.89. The molecule has 2 aromatic rings. The van der Waals surface area contributed by atoms with Gasteiger partial charge in [-0.15, -0.1) is 0 Å². The zero-order valence-electron chi connectivity index (χ0n) is 16.3. The van der Waals surface area contributed by atoms with Crippen molar-refractivity contribution in [1.29, 1.82) is 0 Å². The quantitative estimate of drug-likeness (QED) is 0.794. The van der Waals surface area contributed by atoms with E-state index in [-0.39, 0.29) is 24.1 Å². The molecule has 3 rings (SSSR count). The first-order valence-corrected chi connectivity index (χ1v) is 9.41. The Morgan fingerprint density at radius 2 is 1.75 bits per heavy atom. The van der Waals surface area contributed by atoms with Crippen molar-refractivity contribution in [2.24, 2.45) is 0 Å². The summed E-state index contributed by atoms with van der Waals surface area (Å²) in [6, 6.07) is 11.0. The third kappa shape index (κ3) is 4.60. The van der Waals surface area contributed by atoms with Crippen molar-refractivity contribution in [3.63, 3.8) is 0 Å². The van der Waals surface area contributed by atoms with E-state index in [4.69, 9.17) is 4.42 Å². The van der Waals surface area contributed by atoms with Crippen molar-refractivity contribution in [1.82, 2.24) is 9.80 Å². The van der Waals surface area contributed by atoms with Gasteiger partial charge in [-0.1, -0.05) is 12.1 Å². The third-order valence-corrected chi connectivity index (χ3v) is 4.89. The van der Waals surface area contributed by atoms with E-state index in [2.05, 4.69) is 0 Å². The Hall–Kier alpha value is -3.09. The van der Waals surface area contributed by atoms with Gasteiger partial charge in [0, 0.05) is 51.8 Å². The number of piperazine rings is 1. The van der Waals surface area contributed by atoms with Gasteiger partial charge in [0.25, 0.3) is 5.91 Å². The summed E-state index contributed by atoms with van der Waals surface area (Å²) in [5.41, 5.74) is 1.86. The number of carbonyl (C=O) groups is 3. The number of carbonyl (C=O) groups excluding carboxylic acids is 3. The number of rotatable bonds is 5. The fourth-order valence-corrected chi connectivity index (χ4v) is 3.34. The minimum atomic E-state index is -0.153. The molecule has 0 bridgehead atoms. The van der Waals surface area contributed by atoms with Crippen LogP contribution >= 0.6 is 0 Å². The second-order valence-corrected chi connectivity index (χ2v) is 6.91. The standard InChI is InChI=1S/C21H25N3O4/c1-16-5-3-6-18(15-16)24(17(2)25)9-8-20(26)22-10-12-23(13-11-22)21(27)19-7-4-14-28-19/h3-7,14-15H,8-13H2,1-2H3. The number of hydrogen-bond donors (Lipinski definition) is 0. The number of nitrogens with zero attached hydrogens (tertiary/aromatic N) is 3. The number of amides is 3. The molecule has 2 heterocycles. The molecule has 1 aromatic heterocycles. The van der Waals surface area contributed by atoms with Crippen molar-refractivity contribution in [3.05, 3.63) is 54.0 Å². The number of benzene rings is 1. The molecule has 148 valence electrons. The predicted octanol–water partition coefficient (Wildman–Crippen LogP) is 2.32. The smallest absolute Gasteiger partial charge is 0.289 e. The van der Waals surface area contributed by atoms with Crippen molar-refractivity contribution in [3.8, 4) is 0 Å². The summed E-state index contributed by atoms with van der Waals surface area (Å²) in [6.07, 6.45) is 1.72. The molecule has 0 spiro atoms. The minimum Gasteiger partial charge on any atom is -0.459 e. The van der Waals surface area contributed by atoms with Gasteiger partial charge < -0.3 is 19.1 Å². The van der Waals surface area contributed by atoms with E-state index in [0.29, 0.717) is 38.5 Å². The molecule has 0 radical (unpaired) electrons. The van der Waals surface area contributed by atoms with Gasteiger partial charge in [0.15, 0.2) is 5.76 Å². The molecule has 1 aromatic carbocycles. The van der Waals surface area contributed by atoms with Crippen LogP contribution in [0, 0.1) is 6.92 Å². The average Bonchev–Trinajstić information content (AvgIpc) is 3.22. The molecule has 0 unspecified atom stereocenters. The molecule has 1 aliphatic rings. The van der Waals surface area contributed by atoms with Crippen LogP contribution in [0.5, 0.6) is 0 Å². The van der Waals surface area contributed by atoms with E-state index in [1.807, 2.05) is 31.2 Å². The molecular weight excluding hydrogens is 358 g/mol. The molecule has 1 fully saturated rings. The van der Waals surface area contributed by atoms with E-state index in [9.17, 15) is 14.4 Å². The summed E-state index contributed by atoms with van der Waals surface area (Å²) in [5.74, 6) is 0.0607. The first kappa shape index (κ1) is 19.7. The van der Waals surface area contributed by atoms with Gasteiger partial charge in [-0.2, -0.15) is 0 Å². The fourth-order valence-electron chi connectivity index (χ4n) is 3.34. The lowest BCUT2D eigenvalue weighted by Crippen LogP contribution is -2.51. The van der Waals surface area contributed by atoms with Crippen LogP contribution in [0.3, 0.4) is 0 Å². The molecule has 0 atom stereocenters. The van der Waals surface area contributed by atoms with E-state index < -0.39 is 0 Å². The largest absolute Gasteiger partial charge is 0.459 e. The highest BCUT2D eigenvalue weighted by Crippen LogP contribution is 2.17. The van der Waals surface area contributed by atoms with Gasteiger partial charge in [0.2, 0.25) is 11.8 Å². The summed E-state index contributed by atoms with van der Waals surface area (Å²) in [5, 5.41) is 0. The maximum atomic E-state index is 12.6. The van der Waals surface area contributed by atoms with Crippen LogP contribution in [0.15, 0.2) is 47.1 Å². The molecule has 0 aliphatic carbocycles. The first-order chi connectivity index (χ1) is 13.5. The fraction of sp³-hybridized carbons (Fsp3) is 0.381. The minimum absolute atomic E-state index is 0.0102. The van der Waals surface area contributed by atoms with E-state index >= 15 is 0 Å². The van der Waals surface area contributed by atoms with Gasteiger partial charge in [0.1, 0.15) is 0 Å². The summed E-state index contributed by atoms with van der Waals surface area (Å²) < 4.78 is 5.15. The number of anilines is 1. The summed E-state index contributed by atoms with van der Waals surface area (Å²) in [7, 11) is 0. The molecule has 1 aliphatic heterocycles. The van der Waals surface area contributed by atoms with Crippen molar-refractivity contribution in [2.75, 3.05) is 37.6 Å². The van der Waals surface area contributed by atoms with Gasteiger partial charge in [-0.25, -0.2) is 0 Å². The lowest BCUT2D eigenvalue weighted by molar-refractivity contribution is -0.132. The highest BCUT2D eigenvalue weighted by molar-refractivity contribution is 5.93. The van der Waals surface area contributed by atoms with Crippen molar-refractivity contribution < 1.29 is 18.8 Å². The number of furan rings is 1. The molecular formula is C21H25N3O4. The Morgan fingerprint density at radius 1 is 1.04 bits per heavy atom. The monoisotopic (exact) mass is 383 g/mol. The van der Waals surface area contributed by atoms with Crippen LogP contribution in [0.1, 0.15) is 29.5 Å². The van der Waals surface area contributed by atoms with Gasteiger partial charge in [-0.3, -0.25) is 14.4 Å². The second kappa shape index (κ2) is 8.73. The molecule has 1 saturated heterocycles. The first-order valence-electron chi connectivity index (χ1n) is 9.41. The lowest BCUT2D eigenvalue weighted by Gasteiger charge is -2.34. The molecule has 28 heavy (non-hydrogen) atoms. The van der Waals surface area contributed by atoms with Gasteiger partial charge in [-0.05, 0) is 36.8 Å². The maximum Gasteiger partial charge on any atom is 0.289 e. The Bertz CT molecular complexity index is 839. The molecule has 7 heteroatoms. The van der Waals surface area contributed by atoms with Crippen LogP contribution in [-0.4, -0.2) is 60.2 Å². The molecule has 0 saturated carbocycles. The Labute approximate surface area is 164 Å². The maximum absolute atomic E-state index is 12.6. The summed E-state index contributed by atoms with van der Waals surface area (Å²) in [4.78, 5) is 42.0. The van der Waals surface area contributed by atoms with Crippen LogP contribution in [0.2, 0.25) is 0 Å². The molecule has 3 amide bonds. The van der Waals surface area contributed by atoms with Crippen molar-refractivity contribution in [2.45, 2.75) is 20.3 Å². The van der Waals surface area contributed by atoms with Crippen LogP contribution in [0.4, 0.5) is 5.69 Å². The van der Waals surface area contributed by atoms with Crippen LogP contribution in [-0.2, 0) is 9.59 Å². The van der Waals surface area contributed by atoms with Gasteiger partial charge in [0.05, 0.1) is 6.26 Å². The summed E-state index contributed by atoms with van der Waals surface area (Å²) >= 11 is 0. The molecule has 0 N–H and O–H groups in total. The highest BCUT2D eigenvalue weighted by Gasteiger charge is 2.26. The summed E-state index contributed by atoms with van der Waals surface area (Å²) in [6.45, 7) is 5.72. The highest BCUT2D eigenvalue weighted by atomic mass is 16.3. The Balaban J connectivity index is 1.52. The zero-order valence-corrected chi connectivity index (χ0v) is 16.3. The van der Waals surface area contributed by atoms with Gasteiger partial charge >= 0.3 is 0 Å². The topological polar surface area (TPSA) is 74.1 Å². The SMILES string of the molecule is CC(=O)N(CCC(=O)N1CCN(C(=O)c2ccco2)CC1)c1cccc(C)c1. The van der Waals surface area contributed by atoms with Crippen molar-refractivity contribution >= 4 is 23.4 Å².